The molecule has 0 aliphatic heterocycles. The van der Waals surface area contributed by atoms with Crippen molar-refractivity contribution in [3.8, 4) is 5.75 Å². The van der Waals surface area contributed by atoms with E-state index in [1.165, 1.54) is 11.8 Å². The van der Waals surface area contributed by atoms with Crippen molar-refractivity contribution in [2.45, 2.75) is 18.5 Å². The number of Topliss-reactive ketones (excluding diaryl/α,β-unsaturated/α-hetero) is 1. The minimum Gasteiger partial charge on any atom is -0.508 e. The number of fused-ring (bicyclic) bond motifs is 1. The molecule has 0 saturated carbocycles. The first-order valence-electron chi connectivity index (χ1n) is 4.96. The molecule has 16 heavy (non-hydrogen) atoms. The van der Waals surface area contributed by atoms with Gasteiger partial charge in [-0.2, -0.15) is 0 Å². The number of H-pyrrole nitrogens is 1. The van der Waals surface area contributed by atoms with Gasteiger partial charge in [-0.15, -0.1) is 0 Å². The summed E-state index contributed by atoms with van der Waals surface area (Å²) in [5.41, 5.74) is 1.63. The molecule has 1 aromatic heterocycles. The second kappa shape index (κ2) is 4.57. The Balaban J connectivity index is 2.10. The maximum atomic E-state index is 10.8. The number of carbonyl (C=O) groups is 1. The van der Waals surface area contributed by atoms with Crippen LogP contribution in [0.4, 0.5) is 0 Å². The number of imidazole rings is 1. The SMILES string of the molecule is CC(=O)CCSc1nc2ccc(O)cc2[nH]1. The summed E-state index contributed by atoms with van der Waals surface area (Å²) < 4.78 is 0. The maximum Gasteiger partial charge on any atom is 0.166 e. The number of phenolic OH excluding ortho intramolecular Hbond substituents is 1. The number of ketones is 1. The molecular weight excluding hydrogens is 224 g/mol. The summed E-state index contributed by atoms with van der Waals surface area (Å²) in [5.74, 6) is 1.12. The van der Waals surface area contributed by atoms with Crippen LogP contribution in [0.2, 0.25) is 0 Å². The van der Waals surface area contributed by atoms with Gasteiger partial charge in [-0.05, 0) is 19.1 Å². The lowest BCUT2D eigenvalue weighted by Crippen LogP contribution is -1.91. The molecule has 2 aromatic rings. The Kier molecular flexibility index (Phi) is 3.14. The van der Waals surface area contributed by atoms with E-state index in [0.29, 0.717) is 6.42 Å². The van der Waals surface area contributed by atoms with Gasteiger partial charge in [0.25, 0.3) is 0 Å². The molecule has 0 unspecified atom stereocenters. The largest absolute Gasteiger partial charge is 0.508 e. The summed E-state index contributed by atoms with van der Waals surface area (Å²) in [4.78, 5) is 18.2. The first-order chi connectivity index (χ1) is 7.65. The Morgan fingerprint density at radius 2 is 2.38 bits per heavy atom. The van der Waals surface area contributed by atoms with Crippen molar-refractivity contribution in [1.82, 2.24) is 9.97 Å². The second-order valence-electron chi connectivity index (χ2n) is 3.54. The molecular formula is C11H12N2O2S. The third-order valence-corrected chi connectivity index (χ3v) is 3.01. The van der Waals surface area contributed by atoms with Crippen LogP contribution < -0.4 is 0 Å². The summed E-state index contributed by atoms with van der Waals surface area (Å²) in [6.07, 6.45) is 0.549. The molecule has 2 N–H and O–H groups in total. The summed E-state index contributed by atoms with van der Waals surface area (Å²) in [6.45, 7) is 1.58. The van der Waals surface area contributed by atoms with E-state index >= 15 is 0 Å². The Morgan fingerprint density at radius 1 is 1.56 bits per heavy atom. The topological polar surface area (TPSA) is 66.0 Å². The summed E-state index contributed by atoms with van der Waals surface area (Å²) in [6, 6.07) is 5.00. The average Bonchev–Trinajstić information content (AvgIpc) is 2.58. The van der Waals surface area contributed by atoms with Crippen LogP contribution in [-0.4, -0.2) is 26.6 Å². The lowest BCUT2D eigenvalue weighted by molar-refractivity contribution is -0.116. The molecule has 0 spiro atoms. The van der Waals surface area contributed by atoms with E-state index in [-0.39, 0.29) is 11.5 Å². The fraction of sp³-hybridized carbons (Fsp3) is 0.273. The first-order valence-corrected chi connectivity index (χ1v) is 5.94. The van der Waals surface area contributed by atoms with E-state index in [1.54, 1.807) is 25.1 Å². The zero-order valence-electron chi connectivity index (χ0n) is 8.86. The molecule has 0 aliphatic carbocycles. The molecule has 0 aliphatic rings. The molecule has 5 heteroatoms. The number of benzene rings is 1. The number of nitrogens with zero attached hydrogens (tertiary/aromatic N) is 1. The van der Waals surface area contributed by atoms with E-state index < -0.39 is 0 Å². The van der Waals surface area contributed by atoms with Gasteiger partial charge < -0.3 is 10.1 Å². The lowest BCUT2D eigenvalue weighted by Gasteiger charge is -1.93. The standard InChI is InChI=1S/C11H12N2O2S/c1-7(14)4-5-16-11-12-9-3-2-8(15)6-10(9)13-11/h2-3,6,15H,4-5H2,1H3,(H,12,13). The van der Waals surface area contributed by atoms with E-state index in [4.69, 9.17) is 0 Å². The number of aromatic amines is 1. The molecule has 0 saturated heterocycles. The fourth-order valence-electron chi connectivity index (χ4n) is 1.33. The van der Waals surface area contributed by atoms with Gasteiger partial charge in [0.1, 0.15) is 11.5 Å². The van der Waals surface area contributed by atoms with Crippen LogP contribution in [0.3, 0.4) is 0 Å². The van der Waals surface area contributed by atoms with Crippen LogP contribution in [0.1, 0.15) is 13.3 Å². The highest BCUT2D eigenvalue weighted by atomic mass is 32.2. The average molecular weight is 236 g/mol. The van der Waals surface area contributed by atoms with Gasteiger partial charge >= 0.3 is 0 Å². The monoisotopic (exact) mass is 236 g/mol. The Hall–Kier alpha value is -1.49. The van der Waals surface area contributed by atoms with Crippen LogP contribution in [0.5, 0.6) is 5.75 Å². The number of aromatic hydroxyl groups is 1. The van der Waals surface area contributed by atoms with Gasteiger partial charge in [0, 0.05) is 18.2 Å². The van der Waals surface area contributed by atoms with Crippen LogP contribution >= 0.6 is 11.8 Å². The number of phenols is 1. The summed E-state index contributed by atoms with van der Waals surface area (Å²) in [7, 11) is 0. The van der Waals surface area contributed by atoms with Crippen molar-refractivity contribution in [2.75, 3.05) is 5.75 Å². The van der Waals surface area contributed by atoms with E-state index in [1.807, 2.05) is 0 Å². The van der Waals surface area contributed by atoms with Crippen LogP contribution in [-0.2, 0) is 4.79 Å². The van der Waals surface area contributed by atoms with Crippen molar-refractivity contribution in [3.63, 3.8) is 0 Å². The highest BCUT2D eigenvalue weighted by molar-refractivity contribution is 7.99. The predicted octanol–water partition coefficient (Wildman–Crippen LogP) is 2.34. The van der Waals surface area contributed by atoms with Crippen LogP contribution in [0, 0.1) is 0 Å². The Labute approximate surface area is 97.1 Å². The van der Waals surface area contributed by atoms with Gasteiger partial charge in [-0.1, -0.05) is 11.8 Å². The highest BCUT2D eigenvalue weighted by Crippen LogP contribution is 2.22. The van der Waals surface area contributed by atoms with E-state index in [9.17, 15) is 9.90 Å². The van der Waals surface area contributed by atoms with Gasteiger partial charge in [-0.3, -0.25) is 4.79 Å². The number of hydrogen-bond donors (Lipinski definition) is 2. The van der Waals surface area contributed by atoms with Crippen molar-refractivity contribution in [1.29, 1.82) is 0 Å². The van der Waals surface area contributed by atoms with Crippen LogP contribution in [0.25, 0.3) is 11.0 Å². The van der Waals surface area contributed by atoms with Crippen LogP contribution in [0.15, 0.2) is 23.4 Å². The van der Waals surface area contributed by atoms with Crippen molar-refractivity contribution in [3.05, 3.63) is 18.2 Å². The zero-order valence-corrected chi connectivity index (χ0v) is 9.67. The Morgan fingerprint density at radius 3 is 3.12 bits per heavy atom. The van der Waals surface area contributed by atoms with Crippen molar-refractivity contribution < 1.29 is 9.90 Å². The Bertz CT molecular complexity index is 522. The van der Waals surface area contributed by atoms with Gasteiger partial charge in [-0.25, -0.2) is 4.98 Å². The minimum atomic E-state index is 0.182. The second-order valence-corrected chi connectivity index (χ2v) is 4.63. The number of carbonyl (C=O) groups excluding carboxylic acids is 1. The number of hydrogen-bond acceptors (Lipinski definition) is 4. The van der Waals surface area contributed by atoms with Crippen molar-refractivity contribution >= 4 is 28.6 Å². The molecule has 0 atom stereocenters. The van der Waals surface area contributed by atoms with E-state index in [2.05, 4.69) is 9.97 Å². The molecule has 1 aromatic carbocycles. The molecule has 4 nitrogen and oxygen atoms in total. The molecule has 0 fully saturated rings. The molecule has 0 amide bonds. The van der Waals surface area contributed by atoms with Gasteiger partial charge in [0.05, 0.1) is 11.0 Å². The first kappa shape index (κ1) is 11.0. The number of aromatic nitrogens is 2. The third-order valence-electron chi connectivity index (χ3n) is 2.14. The maximum absolute atomic E-state index is 10.8. The zero-order chi connectivity index (χ0) is 11.5. The molecule has 2 rings (SSSR count). The molecule has 0 bridgehead atoms. The minimum absolute atomic E-state index is 0.182. The summed E-state index contributed by atoms with van der Waals surface area (Å²) >= 11 is 1.51. The van der Waals surface area contributed by atoms with Gasteiger partial charge in [0.15, 0.2) is 5.16 Å². The predicted molar refractivity (Wildman–Crippen MR) is 63.8 cm³/mol. The van der Waals surface area contributed by atoms with Gasteiger partial charge in [0.2, 0.25) is 0 Å². The molecule has 84 valence electrons. The fourth-order valence-corrected chi connectivity index (χ4v) is 2.26. The molecule has 0 radical (unpaired) electrons. The summed E-state index contributed by atoms with van der Waals surface area (Å²) in [5, 5.41) is 10.1. The number of nitrogens with one attached hydrogen (secondary N) is 1. The quantitative estimate of drug-likeness (QED) is 0.800. The number of thioether (sulfide) groups is 1. The third kappa shape index (κ3) is 2.55. The van der Waals surface area contributed by atoms with Crippen molar-refractivity contribution in [2.24, 2.45) is 0 Å². The lowest BCUT2D eigenvalue weighted by atomic mass is 10.3. The smallest absolute Gasteiger partial charge is 0.166 e. The van der Waals surface area contributed by atoms with E-state index in [0.717, 1.165) is 21.9 Å². The normalized spacial score (nSPS) is 10.8. The highest BCUT2D eigenvalue weighted by Gasteiger charge is 2.04. The number of rotatable bonds is 4. The molecule has 1 heterocycles.